The molecule has 0 aromatic heterocycles. The van der Waals surface area contributed by atoms with Gasteiger partial charge in [-0.2, -0.15) is 0 Å². The van der Waals surface area contributed by atoms with E-state index in [4.69, 9.17) is 9.84 Å². The number of aliphatic carboxylic acids is 1. The zero-order valence-corrected chi connectivity index (χ0v) is 14.7. The van der Waals surface area contributed by atoms with Crippen LogP contribution in [0.5, 0.6) is 0 Å². The van der Waals surface area contributed by atoms with Crippen LogP contribution in [0.4, 0.5) is 4.79 Å². The van der Waals surface area contributed by atoms with Gasteiger partial charge >= 0.3 is 41.6 Å². The molecule has 0 saturated carbocycles. The number of rotatable bonds is 3. The smallest absolute Gasteiger partial charge is 0.480 e. The standard InChI is InChI=1S/C13H18N2O4.CH3.Na/c16-12(17)11-8-15(7-6-14-11)13(18)19-9-10-4-2-1-3-5-10;;/h2,4-5,11,14H,1,3,6-9H2,(H,16,17);1H3;/q;-1;+1. The van der Waals surface area contributed by atoms with Crippen molar-refractivity contribution in [2.24, 2.45) is 0 Å². The maximum Gasteiger partial charge on any atom is 1.00 e. The number of hydrogen-bond donors (Lipinski definition) is 2. The monoisotopic (exact) mass is 304 g/mol. The number of hydrogen-bond acceptors (Lipinski definition) is 4. The Morgan fingerprint density at radius 2 is 2.19 bits per heavy atom. The summed E-state index contributed by atoms with van der Waals surface area (Å²) in [7, 11) is 0. The molecule has 1 atom stereocenters. The normalized spacial score (nSPS) is 20.7. The molecule has 2 aliphatic rings. The van der Waals surface area contributed by atoms with Crippen molar-refractivity contribution in [3.63, 3.8) is 0 Å². The van der Waals surface area contributed by atoms with Crippen LogP contribution in [0.1, 0.15) is 12.8 Å². The summed E-state index contributed by atoms with van der Waals surface area (Å²) in [6.07, 6.45) is 7.59. The number of carboxylic acid groups (broad SMARTS) is 1. The van der Waals surface area contributed by atoms with Crippen molar-refractivity contribution in [1.82, 2.24) is 10.2 Å². The van der Waals surface area contributed by atoms with Crippen LogP contribution in [0.2, 0.25) is 0 Å². The summed E-state index contributed by atoms with van der Waals surface area (Å²) in [5.41, 5.74) is 0.990. The molecule has 0 aromatic rings. The first kappa shape index (κ1) is 20.2. The fraction of sp³-hybridized carbons (Fsp3) is 0.500. The minimum absolute atomic E-state index is 0. The average Bonchev–Trinajstić information content (AvgIpc) is 2.46. The quantitative estimate of drug-likeness (QED) is 0.476. The third-order valence-electron chi connectivity index (χ3n) is 3.17. The van der Waals surface area contributed by atoms with Gasteiger partial charge in [0, 0.05) is 13.1 Å². The summed E-state index contributed by atoms with van der Waals surface area (Å²) >= 11 is 0. The van der Waals surface area contributed by atoms with Crippen molar-refractivity contribution in [2.75, 3.05) is 26.2 Å². The summed E-state index contributed by atoms with van der Waals surface area (Å²) in [4.78, 5) is 24.1. The number of nitrogens with one attached hydrogen (secondary N) is 1. The molecule has 1 saturated heterocycles. The molecule has 1 aliphatic carbocycles. The number of carboxylic acids is 1. The summed E-state index contributed by atoms with van der Waals surface area (Å²) in [6, 6.07) is -0.713. The predicted molar refractivity (Wildman–Crippen MR) is 75.2 cm³/mol. The Morgan fingerprint density at radius 3 is 2.81 bits per heavy atom. The molecule has 1 aliphatic heterocycles. The molecule has 1 unspecified atom stereocenters. The van der Waals surface area contributed by atoms with E-state index in [0.717, 1.165) is 18.4 Å². The molecule has 6 nitrogen and oxygen atoms in total. The summed E-state index contributed by atoms with van der Waals surface area (Å²) in [5, 5.41) is 11.7. The molecule has 7 heteroatoms. The molecule has 1 amide bonds. The van der Waals surface area contributed by atoms with Gasteiger partial charge in [-0.25, -0.2) is 4.79 Å². The minimum atomic E-state index is -0.949. The third kappa shape index (κ3) is 6.22. The number of ether oxygens (including phenoxy) is 1. The number of allylic oxidation sites excluding steroid dienone is 2. The van der Waals surface area contributed by atoms with Crippen LogP contribution in [-0.4, -0.2) is 54.4 Å². The van der Waals surface area contributed by atoms with Crippen molar-refractivity contribution in [3.05, 3.63) is 31.2 Å². The largest absolute Gasteiger partial charge is 1.00 e. The van der Waals surface area contributed by atoms with Gasteiger partial charge in [0.15, 0.2) is 0 Å². The summed E-state index contributed by atoms with van der Waals surface area (Å²) in [6.45, 7) is 1.33. The molecular formula is C14H21N2NaO4. The van der Waals surface area contributed by atoms with Gasteiger partial charge < -0.3 is 27.5 Å². The maximum atomic E-state index is 11.8. The van der Waals surface area contributed by atoms with Crippen molar-refractivity contribution in [2.45, 2.75) is 18.9 Å². The average molecular weight is 304 g/mol. The van der Waals surface area contributed by atoms with Gasteiger partial charge in [0.25, 0.3) is 0 Å². The van der Waals surface area contributed by atoms with Crippen LogP contribution in [0.25, 0.3) is 0 Å². The number of carbonyl (C=O) groups is 2. The van der Waals surface area contributed by atoms with Gasteiger partial charge in [-0.1, -0.05) is 18.2 Å². The van der Waals surface area contributed by atoms with E-state index in [-0.39, 0.29) is 50.1 Å². The van der Waals surface area contributed by atoms with Crippen LogP contribution in [0.3, 0.4) is 0 Å². The molecule has 1 fully saturated rings. The van der Waals surface area contributed by atoms with E-state index in [2.05, 4.69) is 11.4 Å². The van der Waals surface area contributed by atoms with Crippen molar-refractivity contribution >= 4 is 12.1 Å². The Balaban J connectivity index is 0.00000200. The first-order valence-corrected chi connectivity index (χ1v) is 6.40. The number of carbonyl (C=O) groups excluding carboxylic acids is 1. The van der Waals surface area contributed by atoms with E-state index in [1.54, 1.807) is 0 Å². The van der Waals surface area contributed by atoms with Gasteiger partial charge in [0.1, 0.15) is 12.6 Å². The van der Waals surface area contributed by atoms with E-state index in [1.807, 2.05) is 12.2 Å². The maximum absolute atomic E-state index is 11.8. The van der Waals surface area contributed by atoms with Crippen LogP contribution in [-0.2, 0) is 9.53 Å². The molecule has 112 valence electrons. The molecule has 0 aromatic carbocycles. The van der Waals surface area contributed by atoms with E-state index in [0.29, 0.717) is 13.1 Å². The van der Waals surface area contributed by atoms with Gasteiger partial charge in [-0.3, -0.25) is 4.79 Å². The third-order valence-corrected chi connectivity index (χ3v) is 3.17. The molecule has 1 heterocycles. The van der Waals surface area contributed by atoms with Gasteiger partial charge in [0.2, 0.25) is 0 Å². The topological polar surface area (TPSA) is 78.9 Å². The molecule has 0 radical (unpaired) electrons. The van der Waals surface area contributed by atoms with E-state index in [9.17, 15) is 9.59 Å². The number of nitrogens with zero attached hydrogens (tertiary/aromatic N) is 1. The van der Waals surface area contributed by atoms with Gasteiger partial charge in [-0.05, 0) is 18.4 Å². The zero-order chi connectivity index (χ0) is 13.7. The Morgan fingerprint density at radius 1 is 1.43 bits per heavy atom. The molecule has 0 bridgehead atoms. The predicted octanol–water partition coefficient (Wildman–Crippen LogP) is -1.79. The Bertz CT molecular complexity index is 423. The first-order valence-electron chi connectivity index (χ1n) is 6.40. The molecular weight excluding hydrogens is 283 g/mol. The number of piperazine rings is 1. The van der Waals surface area contributed by atoms with E-state index >= 15 is 0 Å². The second-order valence-electron chi connectivity index (χ2n) is 4.60. The van der Waals surface area contributed by atoms with Crippen molar-refractivity contribution < 1.29 is 49.0 Å². The summed E-state index contributed by atoms with van der Waals surface area (Å²) in [5.74, 6) is -0.949. The van der Waals surface area contributed by atoms with Gasteiger partial charge in [0.05, 0.1) is 6.54 Å². The van der Waals surface area contributed by atoms with E-state index < -0.39 is 18.1 Å². The first-order chi connectivity index (χ1) is 9.16. The minimum Gasteiger partial charge on any atom is -0.480 e. The van der Waals surface area contributed by atoms with Crippen LogP contribution < -0.4 is 34.9 Å². The fourth-order valence-corrected chi connectivity index (χ4v) is 2.09. The Labute approximate surface area is 147 Å². The zero-order valence-electron chi connectivity index (χ0n) is 12.7. The Hall–Kier alpha value is -0.820. The second kappa shape index (κ2) is 10.00. The molecule has 2 N–H and O–H groups in total. The summed E-state index contributed by atoms with van der Waals surface area (Å²) < 4.78 is 5.20. The van der Waals surface area contributed by atoms with E-state index in [1.165, 1.54) is 4.90 Å². The van der Waals surface area contributed by atoms with Crippen LogP contribution >= 0.6 is 0 Å². The van der Waals surface area contributed by atoms with Crippen LogP contribution in [0.15, 0.2) is 23.8 Å². The molecule has 21 heavy (non-hydrogen) atoms. The van der Waals surface area contributed by atoms with Crippen molar-refractivity contribution in [3.8, 4) is 0 Å². The Kier molecular flexibility index (Phi) is 9.61. The van der Waals surface area contributed by atoms with Crippen LogP contribution in [0, 0.1) is 7.43 Å². The molecule has 0 spiro atoms. The van der Waals surface area contributed by atoms with Crippen molar-refractivity contribution in [1.29, 1.82) is 0 Å². The second-order valence-corrected chi connectivity index (χ2v) is 4.60. The fourth-order valence-electron chi connectivity index (χ4n) is 2.09. The SMILES string of the molecule is O=C(O)C1CN(C(=O)OCC2=CCCC=C2)CCN1.[CH3-].[Na+]. The number of amides is 1. The molecule has 2 rings (SSSR count). The van der Waals surface area contributed by atoms with Gasteiger partial charge in [-0.15, -0.1) is 0 Å².